The van der Waals surface area contributed by atoms with Crippen LogP contribution in [-0.2, 0) is 28.3 Å². The Kier molecular flexibility index (Phi) is 10.5. The van der Waals surface area contributed by atoms with Gasteiger partial charge >= 0.3 is 0 Å². The number of nitrogens with one attached hydrogen (secondary N) is 1. The normalized spacial score (nSPS) is 11.7. The number of halogens is 2. The molecule has 0 heterocycles. The van der Waals surface area contributed by atoms with Crippen LogP contribution in [0.4, 0.5) is 0 Å². The summed E-state index contributed by atoms with van der Waals surface area (Å²) in [5, 5.41) is 4.09. The standard InChI is InChI=1S/C28H30Cl2N2O2S/c1-3-31-28(34)26(15-21-10-5-4-6-11-21)32(17-22-12-8-7-9-20(22)2)27(33)19-35-18-23-13-14-24(29)16-25(23)30/h4-14,16,26H,3,15,17-19H2,1-2H3,(H,31,34)/t26-/m0/s1. The molecule has 0 spiro atoms. The molecule has 3 aromatic rings. The summed E-state index contributed by atoms with van der Waals surface area (Å²) >= 11 is 13.8. The minimum atomic E-state index is -0.621. The average Bonchev–Trinajstić information content (AvgIpc) is 2.84. The number of hydrogen-bond donors (Lipinski definition) is 1. The van der Waals surface area contributed by atoms with Crippen LogP contribution < -0.4 is 5.32 Å². The number of carbonyl (C=O) groups excluding carboxylic acids is 2. The lowest BCUT2D eigenvalue weighted by Crippen LogP contribution is -2.51. The van der Waals surface area contributed by atoms with Crippen molar-refractivity contribution in [1.29, 1.82) is 0 Å². The van der Waals surface area contributed by atoms with Gasteiger partial charge in [-0.25, -0.2) is 0 Å². The summed E-state index contributed by atoms with van der Waals surface area (Å²) in [4.78, 5) is 28.5. The zero-order chi connectivity index (χ0) is 25.2. The first kappa shape index (κ1) is 27.1. The molecule has 0 bridgehead atoms. The van der Waals surface area contributed by atoms with E-state index in [2.05, 4.69) is 5.32 Å². The predicted molar refractivity (Wildman–Crippen MR) is 147 cm³/mol. The highest BCUT2D eigenvalue weighted by atomic mass is 35.5. The minimum absolute atomic E-state index is 0.0875. The maximum Gasteiger partial charge on any atom is 0.243 e. The second-order valence-corrected chi connectivity index (χ2v) is 10.1. The highest BCUT2D eigenvalue weighted by molar-refractivity contribution is 7.99. The van der Waals surface area contributed by atoms with Crippen LogP contribution in [0, 0.1) is 6.92 Å². The maximum absolute atomic E-state index is 13.6. The number of aryl methyl sites for hydroxylation is 1. The van der Waals surface area contributed by atoms with E-state index in [1.54, 1.807) is 17.0 Å². The second kappa shape index (κ2) is 13.6. The molecule has 0 aromatic heterocycles. The Morgan fingerprint density at radius 3 is 2.37 bits per heavy atom. The van der Waals surface area contributed by atoms with E-state index in [-0.39, 0.29) is 17.6 Å². The monoisotopic (exact) mass is 528 g/mol. The lowest BCUT2D eigenvalue weighted by atomic mass is 10.0. The van der Waals surface area contributed by atoms with Crippen molar-refractivity contribution >= 4 is 46.8 Å². The average molecular weight is 530 g/mol. The zero-order valence-electron chi connectivity index (χ0n) is 20.0. The largest absolute Gasteiger partial charge is 0.355 e. The summed E-state index contributed by atoms with van der Waals surface area (Å²) in [6, 6.07) is 22.5. The third kappa shape index (κ3) is 8.03. The molecular weight excluding hydrogens is 499 g/mol. The molecule has 3 rings (SSSR count). The Labute approximate surface area is 222 Å². The molecule has 0 aliphatic rings. The molecule has 0 fully saturated rings. The van der Waals surface area contributed by atoms with E-state index in [0.29, 0.717) is 35.3 Å². The Hall–Kier alpha value is -2.47. The fraction of sp³-hybridized carbons (Fsp3) is 0.286. The molecule has 0 unspecified atom stereocenters. The molecule has 0 saturated carbocycles. The third-order valence-corrected chi connectivity index (χ3v) is 7.28. The van der Waals surface area contributed by atoms with Gasteiger partial charge in [0.05, 0.1) is 5.75 Å². The minimum Gasteiger partial charge on any atom is -0.355 e. The number of nitrogens with zero attached hydrogens (tertiary/aromatic N) is 1. The van der Waals surface area contributed by atoms with Crippen LogP contribution in [0.15, 0.2) is 72.8 Å². The van der Waals surface area contributed by atoms with Gasteiger partial charge in [0.2, 0.25) is 11.8 Å². The predicted octanol–water partition coefficient (Wildman–Crippen LogP) is 6.31. The first-order valence-corrected chi connectivity index (χ1v) is 13.5. The van der Waals surface area contributed by atoms with Crippen molar-refractivity contribution < 1.29 is 9.59 Å². The Bertz CT molecular complexity index is 1140. The van der Waals surface area contributed by atoms with E-state index in [9.17, 15) is 9.59 Å². The van der Waals surface area contributed by atoms with Crippen molar-refractivity contribution in [1.82, 2.24) is 10.2 Å². The van der Waals surface area contributed by atoms with Crippen LogP contribution in [0.25, 0.3) is 0 Å². The SMILES string of the molecule is CCNC(=O)[C@H](Cc1ccccc1)N(Cc1ccccc1C)C(=O)CSCc1ccc(Cl)cc1Cl. The van der Waals surface area contributed by atoms with Crippen LogP contribution in [0.1, 0.15) is 29.2 Å². The molecule has 1 N–H and O–H groups in total. The van der Waals surface area contributed by atoms with Gasteiger partial charge in [-0.15, -0.1) is 11.8 Å². The molecule has 4 nitrogen and oxygen atoms in total. The zero-order valence-corrected chi connectivity index (χ0v) is 22.3. The van der Waals surface area contributed by atoms with Gasteiger partial charge in [-0.3, -0.25) is 9.59 Å². The molecule has 0 aliphatic carbocycles. The lowest BCUT2D eigenvalue weighted by Gasteiger charge is -2.32. The van der Waals surface area contributed by atoms with E-state index in [4.69, 9.17) is 23.2 Å². The van der Waals surface area contributed by atoms with Crippen LogP contribution in [0.5, 0.6) is 0 Å². The summed E-state index contributed by atoms with van der Waals surface area (Å²) in [7, 11) is 0. The van der Waals surface area contributed by atoms with Crippen molar-refractivity contribution in [2.24, 2.45) is 0 Å². The number of hydrogen-bond acceptors (Lipinski definition) is 3. The van der Waals surface area contributed by atoms with Crippen molar-refractivity contribution in [2.75, 3.05) is 12.3 Å². The number of rotatable bonds is 11. The van der Waals surface area contributed by atoms with Crippen LogP contribution in [0.2, 0.25) is 10.0 Å². The summed E-state index contributed by atoms with van der Waals surface area (Å²) in [6.45, 7) is 4.77. The quantitative estimate of drug-likeness (QED) is 0.317. The molecular formula is C28H30Cl2N2O2S. The fourth-order valence-corrected chi connectivity index (χ4v) is 5.26. The molecule has 0 radical (unpaired) electrons. The number of likely N-dealkylation sites (N-methyl/N-ethyl adjacent to an activating group) is 1. The van der Waals surface area contributed by atoms with Crippen LogP contribution in [0.3, 0.4) is 0 Å². The third-order valence-electron chi connectivity index (χ3n) is 5.72. The van der Waals surface area contributed by atoms with Gasteiger partial charge in [-0.2, -0.15) is 0 Å². The molecule has 184 valence electrons. The van der Waals surface area contributed by atoms with E-state index in [1.807, 2.05) is 74.5 Å². The van der Waals surface area contributed by atoms with Gasteiger partial charge in [0.1, 0.15) is 6.04 Å². The first-order valence-electron chi connectivity index (χ1n) is 11.6. The number of thioether (sulfide) groups is 1. The molecule has 0 aliphatic heterocycles. The second-order valence-electron chi connectivity index (χ2n) is 8.28. The Morgan fingerprint density at radius 1 is 0.971 bits per heavy atom. The summed E-state index contributed by atoms with van der Waals surface area (Å²) in [6.07, 6.45) is 0.442. The van der Waals surface area contributed by atoms with E-state index < -0.39 is 6.04 Å². The van der Waals surface area contributed by atoms with Crippen LogP contribution >= 0.6 is 35.0 Å². The number of amides is 2. The van der Waals surface area contributed by atoms with Crippen LogP contribution in [-0.4, -0.2) is 35.1 Å². The summed E-state index contributed by atoms with van der Waals surface area (Å²) < 4.78 is 0. The van der Waals surface area contributed by atoms with Gasteiger partial charge in [0, 0.05) is 35.3 Å². The van der Waals surface area contributed by atoms with Gasteiger partial charge in [-0.05, 0) is 48.2 Å². The van der Waals surface area contributed by atoms with E-state index in [1.165, 1.54) is 11.8 Å². The number of carbonyl (C=O) groups is 2. The van der Waals surface area contributed by atoms with Gasteiger partial charge in [0.25, 0.3) is 0 Å². The molecule has 7 heteroatoms. The Morgan fingerprint density at radius 2 is 1.69 bits per heavy atom. The first-order chi connectivity index (χ1) is 16.9. The number of benzene rings is 3. The maximum atomic E-state index is 13.6. The van der Waals surface area contributed by atoms with E-state index in [0.717, 1.165) is 22.3 Å². The highest BCUT2D eigenvalue weighted by Gasteiger charge is 2.30. The topological polar surface area (TPSA) is 49.4 Å². The van der Waals surface area contributed by atoms with Gasteiger partial charge in [-0.1, -0.05) is 83.9 Å². The summed E-state index contributed by atoms with van der Waals surface area (Å²) in [5.74, 6) is 0.569. The van der Waals surface area contributed by atoms with Gasteiger partial charge in [0.15, 0.2) is 0 Å². The molecule has 3 aromatic carbocycles. The van der Waals surface area contributed by atoms with Crippen molar-refractivity contribution in [3.05, 3.63) is 105 Å². The van der Waals surface area contributed by atoms with Gasteiger partial charge < -0.3 is 10.2 Å². The smallest absolute Gasteiger partial charge is 0.243 e. The fourth-order valence-electron chi connectivity index (χ4n) is 3.79. The molecule has 35 heavy (non-hydrogen) atoms. The van der Waals surface area contributed by atoms with Crippen molar-refractivity contribution in [3.63, 3.8) is 0 Å². The van der Waals surface area contributed by atoms with E-state index >= 15 is 0 Å². The molecule has 2 amide bonds. The summed E-state index contributed by atoms with van der Waals surface area (Å²) in [5.41, 5.74) is 4.03. The lowest BCUT2D eigenvalue weighted by molar-refractivity contribution is -0.139. The van der Waals surface area contributed by atoms with Crippen molar-refractivity contribution in [2.45, 2.75) is 38.6 Å². The van der Waals surface area contributed by atoms with Crippen molar-refractivity contribution in [3.8, 4) is 0 Å². The Balaban J connectivity index is 1.84. The molecule has 0 saturated heterocycles. The highest BCUT2D eigenvalue weighted by Crippen LogP contribution is 2.25. The molecule has 1 atom stereocenters.